The van der Waals surface area contributed by atoms with Crippen molar-refractivity contribution in [2.75, 3.05) is 31.1 Å². The van der Waals surface area contributed by atoms with Crippen LogP contribution in [-0.2, 0) is 4.79 Å². The zero-order valence-corrected chi connectivity index (χ0v) is 14.5. The summed E-state index contributed by atoms with van der Waals surface area (Å²) in [7, 11) is 0. The molecule has 0 saturated carbocycles. The third-order valence-corrected chi connectivity index (χ3v) is 4.87. The molecule has 0 spiro atoms. The predicted molar refractivity (Wildman–Crippen MR) is 94.7 cm³/mol. The molecule has 1 aromatic carbocycles. The van der Waals surface area contributed by atoms with Crippen LogP contribution in [0.5, 0.6) is 0 Å². The van der Waals surface area contributed by atoms with Crippen LogP contribution in [-0.4, -0.2) is 42.0 Å². The van der Waals surface area contributed by atoms with Gasteiger partial charge in [0.1, 0.15) is 0 Å². The van der Waals surface area contributed by atoms with Gasteiger partial charge in [-0.25, -0.2) is 4.98 Å². The van der Waals surface area contributed by atoms with Gasteiger partial charge in [0.2, 0.25) is 5.91 Å². The fourth-order valence-corrected chi connectivity index (χ4v) is 3.44. The maximum Gasteiger partial charge on any atom is 0.228 e. The lowest BCUT2D eigenvalue weighted by atomic mass is 10.3. The van der Waals surface area contributed by atoms with Gasteiger partial charge in [0.25, 0.3) is 0 Å². The van der Waals surface area contributed by atoms with E-state index in [4.69, 9.17) is 0 Å². The minimum Gasteiger partial charge on any atom is -0.302 e. The number of likely N-dealkylation sites (N-methyl/N-ethyl adjacent to an activating group) is 1. The molecule has 2 aromatic rings. The predicted octanol–water partition coefficient (Wildman–Crippen LogP) is 3.77. The Hall–Kier alpha value is -1.46. The Bertz CT molecular complexity index is 574. The van der Waals surface area contributed by atoms with Crippen molar-refractivity contribution < 1.29 is 4.79 Å². The lowest BCUT2D eigenvalue weighted by molar-refractivity contribution is -0.118. The lowest BCUT2D eigenvalue weighted by Crippen LogP contribution is -2.38. The fraction of sp³-hybridized carbons (Fsp3) is 0.529. The molecule has 0 bridgehead atoms. The first-order chi connectivity index (χ1) is 10.7. The van der Waals surface area contributed by atoms with E-state index in [1.165, 1.54) is 0 Å². The van der Waals surface area contributed by atoms with Gasteiger partial charge in [-0.05, 0) is 31.6 Å². The number of fused-ring (bicyclic) bond motifs is 1. The fourth-order valence-electron chi connectivity index (χ4n) is 2.43. The van der Waals surface area contributed by atoms with Crippen LogP contribution in [0.4, 0.5) is 5.13 Å². The van der Waals surface area contributed by atoms with Crippen molar-refractivity contribution >= 4 is 32.6 Å². The van der Waals surface area contributed by atoms with Crippen LogP contribution >= 0.6 is 11.3 Å². The van der Waals surface area contributed by atoms with E-state index in [2.05, 4.69) is 29.8 Å². The minimum absolute atomic E-state index is 0.175. The quantitative estimate of drug-likeness (QED) is 0.743. The molecule has 1 heterocycles. The van der Waals surface area contributed by atoms with Crippen molar-refractivity contribution in [1.82, 2.24) is 9.88 Å². The van der Waals surface area contributed by atoms with Crippen LogP contribution in [0.25, 0.3) is 10.2 Å². The first kappa shape index (κ1) is 16.9. The summed E-state index contributed by atoms with van der Waals surface area (Å²) >= 11 is 1.60. The van der Waals surface area contributed by atoms with Crippen LogP contribution in [0.15, 0.2) is 24.3 Å². The average Bonchev–Trinajstić information content (AvgIpc) is 2.95. The van der Waals surface area contributed by atoms with Crippen LogP contribution in [0.2, 0.25) is 0 Å². The second-order valence-electron chi connectivity index (χ2n) is 5.29. The highest BCUT2D eigenvalue weighted by atomic mass is 32.1. The van der Waals surface area contributed by atoms with E-state index in [1.807, 2.05) is 30.0 Å². The van der Waals surface area contributed by atoms with E-state index in [9.17, 15) is 4.79 Å². The van der Waals surface area contributed by atoms with Gasteiger partial charge < -0.3 is 4.90 Å². The van der Waals surface area contributed by atoms with Gasteiger partial charge in [-0.1, -0.05) is 44.2 Å². The van der Waals surface area contributed by atoms with Crippen molar-refractivity contribution in [3.8, 4) is 0 Å². The number of aromatic nitrogens is 1. The molecule has 0 aliphatic heterocycles. The number of rotatable bonds is 8. The van der Waals surface area contributed by atoms with Gasteiger partial charge >= 0.3 is 0 Å². The molecule has 4 nitrogen and oxygen atoms in total. The number of hydrogen-bond acceptors (Lipinski definition) is 4. The van der Waals surface area contributed by atoms with Crippen molar-refractivity contribution in [2.24, 2.45) is 0 Å². The number of carbonyl (C=O) groups is 1. The summed E-state index contributed by atoms with van der Waals surface area (Å²) in [5.41, 5.74) is 0.972. The SMILES string of the molecule is CCCC(=O)N(CCN(CC)CC)c1nc2ccccc2s1. The number of anilines is 1. The number of hydrogen-bond donors (Lipinski definition) is 0. The number of benzene rings is 1. The summed E-state index contributed by atoms with van der Waals surface area (Å²) in [6, 6.07) is 8.06. The average molecular weight is 319 g/mol. The van der Waals surface area contributed by atoms with Crippen LogP contribution in [0.1, 0.15) is 33.6 Å². The second-order valence-corrected chi connectivity index (χ2v) is 6.30. The van der Waals surface area contributed by atoms with E-state index in [0.29, 0.717) is 13.0 Å². The van der Waals surface area contributed by atoms with Gasteiger partial charge in [0.15, 0.2) is 5.13 Å². The summed E-state index contributed by atoms with van der Waals surface area (Å²) in [6.07, 6.45) is 1.44. The number of para-hydroxylation sites is 1. The number of amides is 1. The van der Waals surface area contributed by atoms with Crippen molar-refractivity contribution in [3.63, 3.8) is 0 Å². The third-order valence-electron chi connectivity index (χ3n) is 3.81. The largest absolute Gasteiger partial charge is 0.302 e. The molecular formula is C17H25N3OS. The van der Waals surface area contributed by atoms with Gasteiger partial charge in [-0.2, -0.15) is 0 Å². The summed E-state index contributed by atoms with van der Waals surface area (Å²) in [5.74, 6) is 0.175. The van der Waals surface area contributed by atoms with Crippen molar-refractivity contribution in [2.45, 2.75) is 33.6 Å². The molecular weight excluding hydrogens is 294 g/mol. The summed E-state index contributed by atoms with van der Waals surface area (Å²) in [6.45, 7) is 9.95. The molecule has 0 fully saturated rings. The van der Waals surface area contributed by atoms with Crippen LogP contribution in [0.3, 0.4) is 0 Å². The molecule has 0 N–H and O–H groups in total. The first-order valence-electron chi connectivity index (χ1n) is 8.07. The normalized spacial score (nSPS) is 11.3. The van der Waals surface area contributed by atoms with Crippen LogP contribution in [0, 0.1) is 0 Å². The Labute approximate surface area is 136 Å². The third kappa shape index (κ3) is 4.05. The molecule has 5 heteroatoms. The molecule has 22 heavy (non-hydrogen) atoms. The van der Waals surface area contributed by atoms with E-state index >= 15 is 0 Å². The number of thiazole rings is 1. The van der Waals surface area contributed by atoms with Crippen LogP contribution < -0.4 is 4.90 Å². The van der Waals surface area contributed by atoms with E-state index in [-0.39, 0.29) is 5.91 Å². The van der Waals surface area contributed by atoms with E-state index in [0.717, 1.165) is 41.4 Å². The molecule has 0 atom stereocenters. The Kier molecular flexibility index (Phi) is 6.34. The molecule has 1 amide bonds. The van der Waals surface area contributed by atoms with Crippen molar-refractivity contribution in [1.29, 1.82) is 0 Å². The molecule has 0 aliphatic carbocycles. The highest BCUT2D eigenvalue weighted by molar-refractivity contribution is 7.22. The molecule has 1 aromatic heterocycles. The molecule has 0 radical (unpaired) electrons. The smallest absolute Gasteiger partial charge is 0.228 e. The standard InChI is InChI=1S/C17H25N3OS/c1-4-9-16(21)20(13-12-19(5-2)6-3)17-18-14-10-7-8-11-15(14)22-17/h7-8,10-11H,4-6,9,12-13H2,1-3H3. The summed E-state index contributed by atoms with van der Waals surface area (Å²) < 4.78 is 1.13. The molecule has 2 rings (SSSR count). The molecule has 120 valence electrons. The van der Waals surface area contributed by atoms with Gasteiger partial charge in [0.05, 0.1) is 10.2 Å². The zero-order chi connectivity index (χ0) is 15.9. The van der Waals surface area contributed by atoms with E-state index < -0.39 is 0 Å². The maximum atomic E-state index is 12.5. The number of nitrogens with zero attached hydrogens (tertiary/aromatic N) is 3. The molecule has 0 saturated heterocycles. The summed E-state index contributed by atoms with van der Waals surface area (Å²) in [4.78, 5) is 21.3. The second kappa shape index (κ2) is 8.25. The highest BCUT2D eigenvalue weighted by Crippen LogP contribution is 2.29. The molecule has 0 unspecified atom stereocenters. The Morgan fingerprint density at radius 1 is 1.14 bits per heavy atom. The first-order valence-corrected chi connectivity index (χ1v) is 8.89. The van der Waals surface area contributed by atoms with Gasteiger partial charge in [0, 0.05) is 19.5 Å². The lowest BCUT2D eigenvalue weighted by Gasteiger charge is -2.24. The Balaban J connectivity index is 2.21. The Morgan fingerprint density at radius 3 is 2.50 bits per heavy atom. The van der Waals surface area contributed by atoms with Gasteiger partial charge in [-0.15, -0.1) is 0 Å². The highest BCUT2D eigenvalue weighted by Gasteiger charge is 2.19. The topological polar surface area (TPSA) is 36.4 Å². The Morgan fingerprint density at radius 2 is 1.86 bits per heavy atom. The monoisotopic (exact) mass is 319 g/mol. The molecule has 0 aliphatic rings. The zero-order valence-electron chi connectivity index (χ0n) is 13.7. The minimum atomic E-state index is 0.175. The number of carbonyl (C=O) groups excluding carboxylic acids is 1. The van der Waals surface area contributed by atoms with Gasteiger partial charge in [-0.3, -0.25) is 9.69 Å². The maximum absolute atomic E-state index is 12.5. The van der Waals surface area contributed by atoms with Crippen molar-refractivity contribution in [3.05, 3.63) is 24.3 Å². The summed E-state index contributed by atoms with van der Waals surface area (Å²) in [5, 5.41) is 0.826. The van der Waals surface area contributed by atoms with E-state index in [1.54, 1.807) is 11.3 Å².